The van der Waals surface area contributed by atoms with Gasteiger partial charge in [0.15, 0.2) is 0 Å². The highest BCUT2D eigenvalue weighted by Crippen LogP contribution is 2.41. The summed E-state index contributed by atoms with van der Waals surface area (Å²) in [5.74, 6) is -1.97. The molecule has 0 spiro atoms. The number of imidazole rings is 1. The number of alkyl halides is 3. The summed E-state index contributed by atoms with van der Waals surface area (Å²) in [6.07, 6.45) is 0.520. The molecule has 2 heterocycles. The number of aryl methyl sites for hydroxylation is 1. The van der Waals surface area contributed by atoms with Crippen molar-refractivity contribution in [3.05, 3.63) is 84.2 Å². The number of ether oxygens (including phenoxy) is 1. The molecule has 4 rings (SSSR count). The lowest BCUT2D eigenvalue weighted by atomic mass is 10.1. The number of aliphatic carboxylic acids is 1. The standard InChI is InChI=1S/C20H19N5OS.C2HF3O2/c1-14-12-25(13-21-14)18-9-8-15(10-19(18)26-2)20(17-11-22-24-23-17)27-16-6-4-3-5-7-16;3-2(4,5)1(6)7/h3-13,20H,1-2H3,(H,22,23,24);(H,6,7). The molecule has 0 aliphatic carbocycles. The van der Waals surface area contributed by atoms with Crippen LogP contribution in [0.1, 0.15) is 22.2 Å². The van der Waals surface area contributed by atoms with Gasteiger partial charge in [0.25, 0.3) is 0 Å². The molecule has 1 atom stereocenters. The van der Waals surface area contributed by atoms with E-state index >= 15 is 0 Å². The number of carbonyl (C=O) groups is 1. The highest BCUT2D eigenvalue weighted by molar-refractivity contribution is 7.99. The van der Waals surface area contributed by atoms with Gasteiger partial charge in [0.1, 0.15) is 11.4 Å². The first-order valence-electron chi connectivity index (χ1n) is 9.76. The van der Waals surface area contributed by atoms with Crippen LogP contribution in [0, 0.1) is 6.92 Å². The van der Waals surface area contributed by atoms with Gasteiger partial charge in [-0.1, -0.05) is 29.5 Å². The number of carboxylic acids is 1. The third kappa shape index (κ3) is 6.38. The van der Waals surface area contributed by atoms with Gasteiger partial charge in [-0.25, -0.2) is 9.78 Å². The zero-order valence-electron chi connectivity index (χ0n) is 18.0. The number of halogens is 3. The molecular weight excluding hydrogens is 471 g/mol. The predicted octanol–water partition coefficient (Wildman–Crippen LogP) is 4.82. The monoisotopic (exact) mass is 491 g/mol. The molecule has 2 aromatic heterocycles. The number of nitrogens with one attached hydrogen (secondary N) is 1. The number of hydrogen-bond acceptors (Lipinski definition) is 6. The second kappa shape index (κ2) is 10.9. The lowest BCUT2D eigenvalue weighted by Gasteiger charge is -2.17. The second-order valence-corrected chi connectivity index (χ2v) is 8.04. The lowest BCUT2D eigenvalue weighted by Crippen LogP contribution is -2.21. The van der Waals surface area contributed by atoms with Crippen LogP contribution in [0.25, 0.3) is 5.69 Å². The molecule has 1 unspecified atom stereocenters. The number of aromatic amines is 1. The minimum Gasteiger partial charge on any atom is -0.495 e. The van der Waals surface area contributed by atoms with E-state index in [4.69, 9.17) is 14.6 Å². The summed E-state index contributed by atoms with van der Waals surface area (Å²) < 4.78 is 39.4. The molecule has 34 heavy (non-hydrogen) atoms. The van der Waals surface area contributed by atoms with E-state index in [1.54, 1.807) is 25.2 Å². The molecule has 0 saturated heterocycles. The number of H-pyrrole nitrogens is 1. The van der Waals surface area contributed by atoms with Gasteiger partial charge in [-0.15, -0.1) is 16.9 Å². The maximum Gasteiger partial charge on any atom is 0.490 e. The molecule has 2 N–H and O–H groups in total. The molecule has 178 valence electrons. The quantitative estimate of drug-likeness (QED) is 0.373. The van der Waals surface area contributed by atoms with Crippen molar-refractivity contribution in [2.24, 2.45) is 0 Å². The third-order valence-electron chi connectivity index (χ3n) is 4.44. The van der Waals surface area contributed by atoms with Crippen molar-refractivity contribution < 1.29 is 27.8 Å². The zero-order valence-corrected chi connectivity index (χ0v) is 18.8. The van der Waals surface area contributed by atoms with E-state index in [0.717, 1.165) is 28.4 Å². The third-order valence-corrected chi connectivity index (χ3v) is 5.73. The van der Waals surface area contributed by atoms with Gasteiger partial charge < -0.3 is 14.4 Å². The molecule has 0 saturated carbocycles. The first-order valence-corrected chi connectivity index (χ1v) is 10.6. The van der Waals surface area contributed by atoms with Crippen molar-refractivity contribution in [2.75, 3.05) is 7.11 Å². The SMILES string of the molecule is COc1cc(C(Sc2ccccc2)c2c[nH]nn2)ccc1-n1cnc(C)c1.O=C(O)C(F)(F)F. The molecule has 0 aliphatic rings. The molecule has 0 bridgehead atoms. The van der Waals surface area contributed by atoms with Crippen molar-refractivity contribution in [3.8, 4) is 11.4 Å². The van der Waals surface area contributed by atoms with E-state index < -0.39 is 12.1 Å². The first kappa shape index (κ1) is 24.8. The molecule has 8 nitrogen and oxygen atoms in total. The smallest absolute Gasteiger partial charge is 0.490 e. The van der Waals surface area contributed by atoms with Gasteiger partial charge >= 0.3 is 12.1 Å². The van der Waals surface area contributed by atoms with Gasteiger partial charge in [0, 0.05) is 17.3 Å². The van der Waals surface area contributed by atoms with Gasteiger partial charge in [-0.05, 0) is 36.8 Å². The number of methoxy groups -OCH3 is 1. The van der Waals surface area contributed by atoms with Crippen LogP contribution in [0.3, 0.4) is 0 Å². The fraction of sp³-hybridized carbons (Fsp3) is 0.182. The number of hydrogen-bond donors (Lipinski definition) is 2. The van der Waals surface area contributed by atoms with E-state index in [1.165, 1.54) is 4.90 Å². The van der Waals surface area contributed by atoms with Crippen LogP contribution in [0.4, 0.5) is 13.2 Å². The highest BCUT2D eigenvalue weighted by Gasteiger charge is 2.38. The Morgan fingerprint density at radius 2 is 1.91 bits per heavy atom. The van der Waals surface area contributed by atoms with Gasteiger partial charge in [-0.3, -0.25) is 5.10 Å². The minimum absolute atomic E-state index is 0.00127. The predicted molar refractivity (Wildman–Crippen MR) is 119 cm³/mol. The van der Waals surface area contributed by atoms with Gasteiger partial charge in [-0.2, -0.15) is 13.2 Å². The van der Waals surface area contributed by atoms with E-state index in [9.17, 15) is 13.2 Å². The average Bonchev–Trinajstić information content (AvgIpc) is 3.49. The molecule has 4 aromatic rings. The van der Waals surface area contributed by atoms with Crippen LogP contribution in [0.2, 0.25) is 0 Å². The number of thioether (sulfide) groups is 1. The van der Waals surface area contributed by atoms with E-state index in [-0.39, 0.29) is 5.25 Å². The number of rotatable bonds is 6. The summed E-state index contributed by atoms with van der Waals surface area (Å²) in [7, 11) is 1.68. The molecule has 0 fully saturated rings. The largest absolute Gasteiger partial charge is 0.495 e. The molecule has 0 amide bonds. The van der Waals surface area contributed by atoms with Crippen molar-refractivity contribution in [1.82, 2.24) is 25.0 Å². The van der Waals surface area contributed by atoms with Crippen molar-refractivity contribution in [2.45, 2.75) is 23.2 Å². The van der Waals surface area contributed by atoms with E-state index in [2.05, 4.69) is 44.7 Å². The Labute approximate surface area is 196 Å². The number of aromatic nitrogens is 5. The van der Waals surface area contributed by atoms with Crippen molar-refractivity contribution >= 4 is 17.7 Å². The summed E-state index contributed by atoms with van der Waals surface area (Å²) in [6, 6.07) is 16.5. The maximum atomic E-state index is 10.6. The Kier molecular flexibility index (Phi) is 7.95. The van der Waals surface area contributed by atoms with Crippen LogP contribution in [0.5, 0.6) is 5.75 Å². The minimum atomic E-state index is -5.08. The van der Waals surface area contributed by atoms with Crippen molar-refractivity contribution in [1.29, 1.82) is 0 Å². The topological polar surface area (TPSA) is 106 Å². The zero-order chi connectivity index (χ0) is 24.7. The van der Waals surface area contributed by atoms with Crippen LogP contribution in [0.15, 0.2) is 72.1 Å². The molecule has 0 radical (unpaired) electrons. The average molecular weight is 491 g/mol. The van der Waals surface area contributed by atoms with Gasteiger partial charge in [0.05, 0.1) is 30.1 Å². The molecular formula is C22H20F3N5O3S. The van der Waals surface area contributed by atoms with Crippen LogP contribution >= 0.6 is 11.8 Å². The summed E-state index contributed by atoms with van der Waals surface area (Å²) in [5, 5.41) is 18.1. The fourth-order valence-corrected chi connectivity index (χ4v) is 4.00. The van der Waals surface area contributed by atoms with Crippen LogP contribution < -0.4 is 4.74 Å². The number of benzene rings is 2. The Bertz CT molecular complexity index is 1210. The lowest BCUT2D eigenvalue weighted by molar-refractivity contribution is -0.192. The maximum absolute atomic E-state index is 10.6. The first-order chi connectivity index (χ1) is 16.2. The summed E-state index contributed by atoms with van der Waals surface area (Å²) in [6.45, 7) is 1.97. The highest BCUT2D eigenvalue weighted by atomic mass is 32.2. The van der Waals surface area contributed by atoms with E-state index in [1.807, 2.05) is 48.1 Å². The Morgan fingerprint density at radius 3 is 2.44 bits per heavy atom. The van der Waals surface area contributed by atoms with Crippen LogP contribution in [-0.4, -0.2) is 49.3 Å². The number of carboxylic acid groups (broad SMARTS) is 1. The molecule has 2 aromatic carbocycles. The summed E-state index contributed by atoms with van der Waals surface area (Å²) >= 11 is 1.73. The Morgan fingerprint density at radius 1 is 1.21 bits per heavy atom. The van der Waals surface area contributed by atoms with Crippen LogP contribution in [-0.2, 0) is 4.79 Å². The normalized spacial score (nSPS) is 11.9. The van der Waals surface area contributed by atoms with Gasteiger partial charge in [0.2, 0.25) is 0 Å². The number of nitrogens with zero attached hydrogens (tertiary/aromatic N) is 4. The Balaban J connectivity index is 0.000000406. The van der Waals surface area contributed by atoms with Crippen molar-refractivity contribution in [3.63, 3.8) is 0 Å². The summed E-state index contributed by atoms with van der Waals surface area (Å²) in [5.41, 5.74) is 3.87. The fourth-order valence-electron chi connectivity index (χ4n) is 2.90. The summed E-state index contributed by atoms with van der Waals surface area (Å²) in [4.78, 5) is 14.4. The molecule has 0 aliphatic heterocycles. The molecule has 12 heteroatoms. The second-order valence-electron chi connectivity index (χ2n) is 6.87. The Hall–Kier alpha value is -3.80. The van der Waals surface area contributed by atoms with E-state index in [0.29, 0.717) is 0 Å².